The number of aromatic nitrogens is 2. The summed E-state index contributed by atoms with van der Waals surface area (Å²) in [5.74, 6) is 2.22. The van der Waals surface area contributed by atoms with E-state index in [0.717, 1.165) is 33.8 Å². The summed E-state index contributed by atoms with van der Waals surface area (Å²) in [6.45, 7) is 5.24. The number of aryl methyl sites for hydroxylation is 2. The van der Waals surface area contributed by atoms with Crippen LogP contribution in [0.1, 0.15) is 11.1 Å². The molecule has 0 saturated heterocycles. The normalized spacial score (nSPS) is 13.6. The van der Waals surface area contributed by atoms with Gasteiger partial charge in [0.25, 0.3) is 0 Å². The molecule has 1 aromatic carbocycles. The van der Waals surface area contributed by atoms with E-state index in [-0.39, 0.29) is 0 Å². The summed E-state index contributed by atoms with van der Waals surface area (Å²) < 4.78 is 13.2. The zero-order valence-corrected chi connectivity index (χ0v) is 11.4. The molecular weight excluding hydrogens is 242 g/mol. The van der Waals surface area contributed by atoms with Crippen LogP contribution in [0.3, 0.4) is 0 Å². The molecule has 2 N–H and O–H groups in total. The first-order valence-corrected chi connectivity index (χ1v) is 6.27. The number of nitrogens with two attached hydrogens (primary N) is 1. The molecule has 2 aromatic rings. The lowest BCUT2D eigenvalue weighted by Gasteiger charge is -2.24. The van der Waals surface area contributed by atoms with Crippen LogP contribution in [0.2, 0.25) is 0 Å². The highest BCUT2D eigenvalue weighted by molar-refractivity contribution is 5.82. The summed E-state index contributed by atoms with van der Waals surface area (Å²) in [7, 11) is 1.82. The third-order valence-electron chi connectivity index (χ3n) is 3.59. The van der Waals surface area contributed by atoms with Crippen LogP contribution in [0.15, 0.2) is 12.3 Å². The van der Waals surface area contributed by atoms with Crippen LogP contribution in [0.4, 0.5) is 5.82 Å². The molecule has 3 rings (SSSR count). The number of hydrogen-bond acceptors (Lipinski definition) is 4. The molecule has 2 heterocycles. The van der Waals surface area contributed by atoms with E-state index in [9.17, 15) is 0 Å². The lowest BCUT2D eigenvalue weighted by atomic mass is 9.99. The van der Waals surface area contributed by atoms with Gasteiger partial charge in [-0.1, -0.05) is 0 Å². The SMILES string of the molecule is Cc1cc(-c2cnn(C)c2N)c2c(c1C)OCCO2. The van der Waals surface area contributed by atoms with E-state index in [4.69, 9.17) is 15.2 Å². The van der Waals surface area contributed by atoms with Crippen molar-refractivity contribution in [2.45, 2.75) is 13.8 Å². The fraction of sp³-hybridized carbons (Fsp3) is 0.357. The molecule has 0 saturated carbocycles. The van der Waals surface area contributed by atoms with Gasteiger partial charge in [0.1, 0.15) is 19.0 Å². The Hall–Kier alpha value is -2.17. The second-order valence-electron chi connectivity index (χ2n) is 4.79. The van der Waals surface area contributed by atoms with E-state index in [1.54, 1.807) is 10.9 Å². The largest absolute Gasteiger partial charge is 0.486 e. The average Bonchev–Trinajstić information content (AvgIpc) is 2.75. The van der Waals surface area contributed by atoms with E-state index in [0.29, 0.717) is 19.0 Å². The number of rotatable bonds is 1. The first-order chi connectivity index (χ1) is 9.09. The molecule has 5 nitrogen and oxygen atoms in total. The number of fused-ring (bicyclic) bond motifs is 1. The lowest BCUT2D eigenvalue weighted by Crippen LogP contribution is -2.17. The number of hydrogen-bond donors (Lipinski definition) is 1. The Morgan fingerprint density at radius 3 is 2.47 bits per heavy atom. The molecule has 1 aliphatic rings. The Bertz CT molecular complexity index is 647. The fourth-order valence-electron chi connectivity index (χ4n) is 2.32. The zero-order chi connectivity index (χ0) is 13.6. The summed E-state index contributed by atoms with van der Waals surface area (Å²) >= 11 is 0. The molecule has 0 atom stereocenters. The monoisotopic (exact) mass is 259 g/mol. The standard InChI is InChI=1S/C14H17N3O2/c1-8-6-10(11-7-16-17(3)14(11)15)13-12(9(8)2)18-4-5-19-13/h6-7H,4-5,15H2,1-3H3. The number of benzene rings is 1. The Balaban J connectivity index is 2.27. The van der Waals surface area contributed by atoms with Crippen molar-refractivity contribution in [2.24, 2.45) is 7.05 Å². The van der Waals surface area contributed by atoms with Crippen LogP contribution in [0, 0.1) is 13.8 Å². The molecule has 0 bridgehead atoms. The molecule has 0 aliphatic carbocycles. The molecule has 0 radical (unpaired) electrons. The molecule has 0 amide bonds. The molecule has 0 fully saturated rings. The molecule has 1 aliphatic heterocycles. The van der Waals surface area contributed by atoms with Crippen LogP contribution in [0.25, 0.3) is 11.1 Å². The Morgan fingerprint density at radius 1 is 1.16 bits per heavy atom. The van der Waals surface area contributed by atoms with Crippen LogP contribution in [0.5, 0.6) is 11.5 Å². The van der Waals surface area contributed by atoms with Crippen LogP contribution in [-0.2, 0) is 7.05 Å². The van der Waals surface area contributed by atoms with Gasteiger partial charge in [-0.05, 0) is 31.0 Å². The van der Waals surface area contributed by atoms with Crippen molar-refractivity contribution in [3.05, 3.63) is 23.4 Å². The van der Waals surface area contributed by atoms with E-state index in [2.05, 4.69) is 18.1 Å². The topological polar surface area (TPSA) is 62.3 Å². The van der Waals surface area contributed by atoms with E-state index >= 15 is 0 Å². The van der Waals surface area contributed by atoms with Crippen LogP contribution >= 0.6 is 0 Å². The first kappa shape index (κ1) is 11.9. The fourth-order valence-corrected chi connectivity index (χ4v) is 2.32. The number of ether oxygens (including phenoxy) is 2. The smallest absolute Gasteiger partial charge is 0.169 e. The highest BCUT2D eigenvalue weighted by atomic mass is 16.6. The van der Waals surface area contributed by atoms with Crippen molar-refractivity contribution >= 4 is 5.82 Å². The van der Waals surface area contributed by atoms with Gasteiger partial charge in [-0.2, -0.15) is 5.10 Å². The number of nitrogen functional groups attached to an aromatic ring is 1. The Morgan fingerprint density at radius 2 is 1.84 bits per heavy atom. The molecule has 1 aromatic heterocycles. The van der Waals surface area contributed by atoms with Crippen molar-refractivity contribution < 1.29 is 9.47 Å². The summed E-state index contributed by atoms with van der Waals surface area (Å²) in [5, 5.41) is 4.19. The van der Waals surface area contributed by atoms with Gasteiger partial charge in [-0.25, -0.2) is 0 Å². The lowest BCUT2D eigenvalue weighted by molar-refractivity contribution is 0.171. The van der Waals surface area contributed by atoms with Crippen molar-refractivity contribution in [3.63, 3.8) is 0 Å². The minimum atomic E-state index is 0.558. The second kappa shape index (κ2) is 4.19. The van der Waals surface area contributed by atoms with Gasteiger partial charge in [0, 0.05) is 18.2 Å². The summed E-state index contributed by atoms with van der Waals surface area (Å²) in [5.41, 5.74) is 10.2. The third kappa shape index (κ3) is 1.73. The van der Waals surface area contributed by atoms with Gasteiger partial charge in [0.05, 0.1) is 6.20 Å². The predicted octanol–water partition coefficient (Wildman–Crippen LogP) is 2.06. The molecule has 0 spiro atoms. The maximum absolute atomic E-state index is 6.06. The summed E-state index contributed by atoms with van der Waals surface area (Å²) in [4.78, 5) is 0. The van der Waals surface area contributed by atoms with Crippen molar-refractivity contribution in [2.75, 3.05) is 18.9 Å². The van der Waals surface area contributed by atoms with E-state index in [1.165, 1.54) is 0 Å². The molecule has 0 unspecified atom stereocenters. The van der Waals surface area contributed by atoms with Gasteiger partial charge in [0.2, 0.25) is 0 Å². The van der Waals surface area contributed by atoms with E-state index < -0.39 is 0 Å². The Kier molecular flexibility index (Phi) is 2.62. The maximum Gasteiger partial charge on any atom is 0.169 e. The Labute approximate surface area is 111 Å². The zero-order valence-electron chi connectivity index (χ0n) is 11.4. The minimum absolute atomic E-state index is 0.558. The van der Waals surface area contributed by atoms with Crippen LogP contribution < -0.4 is 15.2 Å². The summed E-state index contributed by atoms with van der Waals surface area (Å²) in [6, 6.07) is 2.08. The van der Waals surface area contributed by atoms with Gasteiger partial charge < -0.3 is 15.2 Å². The quantitative estimate of drug-likeness (QED) is 0.851. The summed E-state index contributed by atoms with van der Waals surface area (Å²) in [6.07, 6.45) is 1.76. The van der Waals surface area contributed by atoms with Gasteiger partial charge in [-0.3, -0.25) is 4.68 Å². The maximum atomic E-state index is 6.06. The van der Waals surface area contributed by atoms with E-state index in [1.807, 2.05) is 14.0 Å². The molecular formula is C14H17N3O2. The number of anilines is 1. The molecule has 5 heteroatoms. The van der Waals surface area contributed by atoms with Gasteiger partial charge in [0.15, 0.2) is 11.5 Å². The highest BCUT2D eigenvalue weighted by Gasteiger charge is 2.23. The van der Waals surface area contributed by atoms with Crippen LogP contribution in [-0.4, -0.2) is 23.0 Å². The third-order valence-corrected chi connectivity index (χ3v) is 3.59. The molecule has 19 heavy (non-hydrogen) atoms. The first-order valence-electron chi connectivity index (χ1n) is 6.27. The minimum Gasteiger partial charge on any atom is -0.486 e. The van der Waals surface area contributed by atoms with Crippen molar-refractivity contribution in [1.82, 2.24) is 9.78 Å². The van der Waals surface area contributed by atoms with Gasteiger partial charge in [-0.15, -0.1) is 0 Å². The molecule has 100 valence electrons. The predicted molar refractivity (Wildman–Crippen MR) is 73.5 cm³/mol. The average molecular weight is 259 g/mol. The highest BCUT2D eigenvalue weighted by Crippen LogP contribution is 2.44. The number of nitrogens with zero attached hydrogens (tertiary/aromatic N) is 2. The van der Waals surface area contributed by atoms with Crippen molar-refractivity contribution in [3.8, 4) is 22.6 Å². The second-order valence-corrected chi connectivity index (χ2v) is 4.79. The van der Waals surface area contributed by atoms with Gasteiger partial charge >= 0.3 is 0 Å². The van der Waals surface area contributed by atoms with Crippen molar-refractivity contribution in [1.29, 1.82) is 0 Å².